The molecule has 0 spiro atoms. The lowest BCUT2D eigenvalue weighted by Gasteiger charge is -2.26. The number of hydrogen-bond acceptors (Lipinski definition) is 3. The van der Waals surface area contributed by atoms with Crippen LogP contribution in [0.4, 0.5) is 0 Å². The number of fused-ring (bicyclic) bond motifs is 1. The average molecular weight is 269 g/mol. The second-order valence-electron chi connectivity index (χ2n) is 5.05. The number of nitrogens with one attached hydrogen (secondary N) is 1. The van der Waals surface area contributed by atoms with Crippen molar-refractivity contribution in [3.05, 3.63) is 59.7 Å². The standard InChI is InChI=1S/C17H19NO2/c1-19-16-8-7-14-9-15(12-20-17(14)10-16)18-11-13-5-3-2-4-6-13/h2-8,10,15,18H,9,11-12H2,1H3/t15-/m0/s1. The van der Waals surface area contributed by atoms with Gasteiger partial charge in [-0.1, -0.05) is 36.4 Å². The molecule has 1 heterocycles. The van der Waals surface area contributed by atoms with E-state index >= 15 is 0 Å². The molecule has 3 rings (SSSR count). The highest BCUT2D eigenvalue weighted by atomic mass is 16.5. The van der Waals surface area contributed by atoms with Crippen molar-refractivity contribution >= 4 is 0 Å². The Morgan fingerprint density at radius 3 is 2.85 bits per heavy atom. The molecule has 3 heteroatoms. The lowest BCUT2D eigenvalue weighted by Crippen LogP contribution is -2.38. The molecule has 1 aliphatic rings. The van der Waals surface area contributed by atoms with Gasteiger partial charge in [0.1, 0.15) is 18.1 Å². The normalized spacial score (nSPS) is 17.1. The van der Waals surface area contributed by atoms with Gasteiger partial charge in [0.15, 0.2) is 0 Å². The van der Waals surface area contributed by atoms with Crippen LogP contribution in [0.2, 0.25) is 0 Å². The lowest BCUT2D eigenvalue weighted by molar-refractivity contribution is 0.237. The molecule has 0 fully saturated rings. The summed E-state index contributed by atoms with van der Waals surface area (Å²) in [4.78, 5) is 0. The summed E-state index contributed by atoms with van der Waals surface area (Å²) in [6.45, 7) is 1.58. The summed E-state index contributed by atoms with van der Waals surface area (Å²) in [5, 5.41) is 3.55. The third-order valence-electron chi connectivity index (χ3n) is 3.62. The molecule has 1 atom stereocenters. The molecule has 0 saturated heterocycles. The van der Waals surface area contributed by atoms with Gasteiger partial charge in [0.25, 0.3) is 0 Å². The van der Waals surface area contributed by atoms with Crippen molar-refractivity contribution in [3.63, 3.8) is 0 Å². The molecular weight excluding hydrogens is 250 g/mol. The highest BCUT2D eigenvalue weighted by molar-refractivity contribution is 5.42. The fraction of sp³-hybridized carbons (Fsp3) is 0.294. The Labute approximate surface area is 119 Å². The van der Waals surface area contributed by atoms with Crippen molar-refractivity contribution in [1.82, 2.24) is 5.32 Å². The largest absolute Gasteiger partial charge is 0.497 e. The second kappa shape index (κ2) is 5.97. The van der Waals surface area contributed by atoms with Crippen molar-refractivity contribution in [3.8, 4) is 11.5 Å². The van der Waals surface area contributed by atoms with Crippen LogP contribution in [0.15, 0.2) is 48.5 Å². The van der Waals surface area contributed by atoms with E-state index in [9.17, 15) is 0 Å². The van der Waals surface area contributed by atoms with Gasteiger partial charge in [0.2, 0.25) is 0 Å². The minimum Gasteiger partial charge on any atom is -0.497 e. The van der Waals surface area contributed by atoms with E-state index in [1.54, 1.807) is 7.11 Å². The highest BCUT2D eigenvalue weighted by Crippen LogP contribution is 2.29. The van der Waals surface area contributed by atoms with Crippen LogP contribution >= 0.6 is 0 Å². The first-order valence-corrected chi connectivity index (χ1v) is 6.92. The monoisotopic (exact) mass is 269 g/mol. The first kappa shape index (κ1) is 13.0. The summed E-state index contributed by atoms with van der Waals surface area (Å²) < 4.78 is 11.0. The van der Waals surface area contributed by atoms with E-state index in [4.69, 9.17) is 9.47 Å². The first-order chi connectivity index (χ1) is 9.85. The molecule has 3 nitrogen and oxygen atoms in total. The van der Waals surface area contributed by atoms with Crippen LogP contribution in [0.1, 0.15) is 11.1 Å². The molecule has 0 aliphatic carbocycles. The second-order valence-corrected chi connectivity index (χ2v) is 5.05. The zero-order valence-corrected chi connectivity index (χ0v) is 11.6. The minimum atomic E-state index is 0.358. The van der Waals surface area contributed by atoms with E-state index in [0.717, 1.165) is 24.5 Å². The van der Waals surface area contributed by atoms with Gasteiger partial charge in [0.05, 0.1) is 7.11 Å². The number of benzene rings is 2. The first-order valence-electron chi connectivity index (χ1n) is 6.92. The van der Waals surface area contributed by atoms with Crippen LogP contribution in [0, 0.1) is 0 Å². The summed E-state index contributed by atoms with van der Waals surface area (Å²) in [6.07, 6.45) is 0.992. The summed E-state index contributed by atoms with van der Waals surface area (Å²) in [5.74, 6) is 1.79. The molecule has 1 aliphatic heterocycles. The third kappa shape index (κ3) is 2.94. The molecule has 1 N–H and O–H groups in total. The maximum atomic E-state index is 5.82. The molecule has 0 radical (unpaired) electrons. The fourth-order valence-corrected chi connectivity index (χ4v) is 2.47. The van der Waals surface area contributed by atoms with Crippen molar-refractivity contribution in [2.75, 3.05) is 13.7 Å². The summed E-state index contributed by atoms with van der Waals surface area (Å²) >= 11 is 0. The Kier molecular flexibility index (Phi) is 3.88. The van der Waals surface area contributed by atoms with Gasteiger partial charge in [-0.25, -0.2) is 0 Å². The topological polar surface area (TPSA) is 30.5 Å². The number of rotatable bonds is 4. The zero-order chi connectivity index (χ0) is 13.8. The number of methoxy groups -OCH3 is 1. The lowest BCUT2D eigenvalue weighted by atomic mass is 10.0. The number of ether oxygens (including phenoxy) is 2. The van der Waals surface area contributed by atoms with Crippen molar-refractivity contribution in [2.24, 2.45) is 0 Å². The van der Waals surface area contributed by atoms with Gasteiger partial charge in [-0.3, -0.25) is 0 Å². The van der Waals surface area contributed by atoms with E-state index in [1.165, 1.54) is 11.1 Å². The van der Waals surface area contributed by atoms with E-state index in [2.05, 4.69) is 35.6 Å². The fourth-order valence-electron chi connectivity index (χ4n) is 2.47. The molecule has 0 aromatic heterocycles. The molecule has 20 heavy (non-hydrogen) atoms. The summed E-state index contributed by atoms with van der Waals surface area (Å²) in [5.41, 5.74) is 2.54. The average Bonchev–Trinajstić information content (AvgIpc) is 2.53. The Morgan fingerprint density at radius 1 is 1.20 bits per heavy atom. The molecule has 0 bridgehead atoms. The van der Waals surface area contributed by atoms with Crippen LogP contribution in [0.25, 0.3) is 0 Å². The van der Waals surface area contributed by atoms with E-state index in [1.807, 2.05) is 18.2 Å². The maximum Gasteiger partial charge on any atom is 0.126 e. The van der Waals surface area contributed by atoms with Crippen LogP contribution in [0.3, 0.4) is 0 Å². The van der Waals surface area contributed by atoms with Gasteiger partial charge < -0.3 is 14.8 Å². The van der Waals surface area contributed by atoms with Crippen molar-refractivity contribution in [1.29, 1.82) is 0 Å². The highest BCUT2D eigenvalue weighted by Gasteiger charge is 2.19. The van der Waals surface area contributed by atoms with E-state index in [-0.39, 0.29) is 0 Å². The van der Waals surface area contributed by atoms with Crippen LogP contribution < -0.4 is 14.8 Å². The van der Waals surface area contributed by atoms with E-state index in [0.29, 0.717) is 12.6 Å². The molecule has 104 valence electrons. The predicted molar refractivity (Wildman–Crippen MR) is 79.3 cm³/mol. The van der Waals surface area contributed by atoms with Gasteiger partial charge in [-0.05, 0) is 23.6 Å². The molecule has 2 aromatic carbocycles. The SMILES string of the molecule is COc1ccc2c(c1)OC[C@@H](NCc1ccccc1)C2. The Morgan fingerprint density at radius 2 is 2.05 bits per heavy atom. The maximum absolute atomic E-state index is 5.82. The number of hydrogen-bond donors (Lipinski definition) is 1. The summed E-state index contributed by atoms with van der Waals surface area (Å²) in [6, 6.07) is 16.8. The Balaban J connectivity index is 1.61. The minimum absolute atomic E-state index is 0.358. The molecule has 0 amide bonds. The van der Waals surface area contributed by atoms with Crippen LogP contribution in [0.5, 0.6) is 11.5 Å². The van der Waals surface area contributed by atoms with Gasteiger partial charge >= 0.3 is 0 Å². The predicted octanol–water partition coefficient (Wildman–Crippen LogP) is 2.79. The molecule has 0 unspecified atom stereocenters. The summed E-state index contributed by atoms with van der Waals surface area (Å²) in [7, 11) is 1.68. The van der Waals surface area contributed by atoms with E-state index < -0.39 is 0 Å². The quantitative estimate of drug-likeness (QED) is 0.926. The van der Waals surface area contributed by atoms with Crippen LogP contribution in [-0.2, 0) is 13.0 Å². The smallest absolute Gasteiger partial charge is 0.126 e. The van der Waals surface area contributed by atoms with Gasteiger partial charge in [-0.2, -0.15) is 0 Å². The van der Waals surface area contributed by atoms with Gasteiger partial charge in [0, 0.05) is 18.7 Å². The van der Waals surface area contributed by atoms with Gasteiger partial charge in [-0.15, -0.1) is 0 Å². The van der Waals surface area contributed by atoms with Crippen molar-refractivity contribution < 1.29 is 9.47 Å². The molecular formula is C17H19NO2. The Bertz CT molecular complexity index is 568. The van der Waals surface area contributed by atoms with Crippen LogP contribution in [-0.4, -0.2) is 19.8 Å². The third-order valence-corrected chi connectivity index (χ3v) is 3.62. The molecule has 0 saturated carbocycles. The molecule has 2 aromatic rings. The zero-order valence-electron chi connectivity index (χ0n) is 11.6. The van der Waals surface area contributed by atoms with Crippen molar-refractivity contribution in [2.45, 2.75) is 19.0 Å². The Hall–Kier alpha value is -2.00.